The third-order valence-corrected chi connectivity index (χ3v) is 3.75. The summed E-state index contributed by atoms with van der Waals surface area (Å²) in [7, 11) is 4.26. The molecule has 1 N–H and O–H groups in total. The molecule has 1 aliphatic rings. The van der Waals surface area contributed by atoms with Crippen molar-refractivity contribution in [3.05, 3.63) is 0 Å². The first-order valence-electron chi connectivity index (χ1n) is 5.67. The number of likely N-dealkylation sites (N-methyl/N-ethyl adjacent to an activating group) is 2. The Morgan fingerprint density at radius 2 is 1.93 bits per heavy atom. The molecule has 0 radical (unpaired) electrons. The maximum atomic E-state index is 3.33. The second-order valence-corrected chi connectivity index (χ2v) is 4.64. The Kier molecular flexibility index (Phi) is 4.35. The zero-order valence-electron chi connectivity index (χ0n) is 10.2. The lowest BCUT2D eigenvalue weighted by Gasteiger charge is -2.42. The molecule has 0 saturated carbocycles. The summed E-state index contributed by atoms with van der Waals surface area (Å²) in [6.45, 7) is 10.5. The van der Waals surface area contributed by atoms with Crippen LogP contribution in [0.15, 0.2) is 0 Å². The molecular weight excluding hydrogens is 174 g/mol. The molecule has 3 unspecified atom stereocenters. The van der Waals surface area contributed by atoms with E-state index in [0.717, 1.165) is 0 Å². The number of rotatable bonds is 3. The molecule has 1 saturated heterocycles. The van der Waals surface area contributed by atoms with Crippen molar-refractivity contribution in [1.29, 1.82) is 0 Å². The molecular formula is C11H25N3. The topological polar surface area (TPSA) is 18.5 Å². The van der Waals surface area contributed by atoms with E-state index in [1.54, 1.807) is 0 Å². The number of nitrogens with zero attached hydrogens (tertiary/aromatic N) is 2. The number of hydrogen-bond donors (Lipinski definition) is 1. The van der Waals surface area contributed by atoms with Gasteiger partial charge in [-0.15, -0.1) is 0 Å². The average molecular weight is 199 g/mol. The van der Waals surface area contributed by atoms with Crippen LogP contribution in [0, 0.1) is 0 Å². The average Bonchev–Trinajstić information content (AvgIpc) is 2.20. The van der Waals surface area contributed by atoms with Gasteiger partial charge in [0, 0.05) is 37.8 Å². The Labute approximate surface area is 88.5 Å². The van der Waals surface area contributed by atoms with Gasteiger partial charge in [-0.05, 0) is 34.9 Å². The maximum absolute atomic E-state index is 3.33. The molecule has 3 nitrogen and oxygen atoms in total. The Bertz CT molecular complexity index is 172. The summed E-state index contributed by atoms with van der Waals surface area (Å²) in [4.78, 5) is 5.03. The van der Waals surface area contributed by atoms with Crippen molar-refractivity contribution in [2.75, 3.05) is 33.7 Å². The van der Waals surface area contributed by atoms with Gasteiger partial charge in [0.1, 0.15) is 0 Å². The van der Waals surface area contributed by atoms with Gasteiger partial charge in [0.15, 0.2) is 0 Å². The summed E-state index contributed by atoms with van der Waals surface area (Å²) in [6.07, 6.45) is 0. The summed E-state index contributed by atoms with van der Waals surface area (Å²) in [5, 5.41) is 3.33. The lowest BCUT2D eigenvalue weighted by molar-refractivity contribution is 0.0669. The molecule has 1 aliphatic heterocycles. The van der Waals surface area contributed by atoms with E-state index in [0.29, 0.717) is 18.1 Å². The van der Waals surface area contributed by atoms with Crippen LogP contribution in [0.1, 0.15) is 20.8 Å². The summed E-state index contributed by atoms with van der Waals surface area (Å²) >= 11 is 0. The van der Waals surface area contributed by atoms with Gasteiger partial charge in [-0.1, -0.05) is 0 Å². The zero-order chi connectivity index (χ0) is 10.7. The van der Waals surface area contributed by atoms with Crippen molar-refractivity contribution < 1.29 is 0 Å². The minimum atomic E-state index is 0.575. The Morgan fingerprint density at radius 1 is 1.29 bits per heavy atom. The first-order valence-corrected chi connectivity index (χ1v) is 5.67. The Morgan fingerprint density at radius 3 is 2.43 bits per heavy atom. The highest BCUT2D eigenvalue weighted by Crippen LogP contribution is 2.12. The molecule has 0 aliphatic carbocycles. The largest absolute Gasteiger partial charge is 0.316 e. The number of hydrogen-bond acceptors (Lipinski definition) is 3. The van der Waals surface area contributed by atoms with Gasteiger partial charge in [-0.2, -0.15) is 0 Å². The van der Waals surface area contributed by atoms with Crippen LogP contribution in [0.2, 0.25) is 0 Å². The molecule has 0 aromatic heterocycles. The predicted molar refractivity (Wildman–Crippen MR) is 61.6 cm³/mol. The van der Waals surface area contributed by atoms with E-state index >= 15 is 0 Å². The molecule has 3 atom stereocenters. The maximum Gasteiger partial charge on any atom is 0.0219 e. The second kappa shape index (κ2) is 5.10. The van der Waals surface area contributed by atoms with Gasteiger partial charge in [0.2, 0.25) is 0 Å². The molecule has 84 valence electrons. The normalized spacial score (nSPS) is 30.2. The predicted octanol–water partition coefficient (Wildman–Crippen LogP) is 0.619. The zero-order valence-corrected chi connectivity index (χ0v) is 10.2. The number of piperazine rings is 1. The molecule has 1 heterocycles. The van der Waals surface area contributed by atoms with Crippen LogP contribution < -0.4 is 5.32 Å². The van der Waals surface area contributed by atoms with Gasteiger partial charge in [-0.25, -0.2) is 0 Å². The van der Waals surface area contributed by atoms with Gasteiger partial charge >= 0.3 is 0 Å². The summed E-state index contributed by atoms with van der Waals surface area (Å²) in [6, 6.07) is 1.90. The van der Waals surface area contributed by atoms with Crippen molar-refractivity contribution in [1.82, 2.24) is 15.1 Å². The first-order chi connectivity index (χ1) is 6.56. The lowest BCUT2D eigenvalue weighted by atomic mass is 10.1. The third-order valence-electron chi connectivity index (χ3n) is 3.75. The molecule has 0 amide bonds. The lowest BCUT2D eigenvalue weighted by Crippen LogP contribution is -2.56. The van der Waals surface area contributed by atoms with E-state index in [2.05, 4.69) is 42.9 Å². The highest BCUT2D eigenvalue weighted by molar-refractivity contribution is 4.84. The van der Waals surface area contributed by atoms with Crippen LogP contribution in [-0.4, -0.2) is 61.7 Å². The highest BCUT2D eigenvalue weighted by Gasteiger charge is 2.26. The van der Waals surface area contributed by atoms with Crippen LogP contribution in [0.25, 0.3) is 0 Å². The van der Waals surface area contributed by atoms with Crippen molar-refractivity contribution >= 4 is 0 Å². The van der Waals surface area contributed by atoms with E-state index in [-0.39, 0.29) is 0 Å². The molecule has 14 heavy (non-hydrogen) atoms. The smallest absolute Gasteiger partial charge is 0.0219 e. The molecule has 1 fully saturated rings. The minimum absolute atomic E-state index is 0.575. The van der Waals surface area contributed by atoms with Crippen molar-refractivity contribution in [2.24, 2.45) is 0 Å². The van der Waals surface area contributed by atoms with Gasteiger partial charge in [0.25, 0.3) is 0 Å². The molecule has 0 bridgehead atoms. The van der Waals surface area contributed by atoms with Crippen LogP contribution in [0.5, 0.6) is 0 Å². The van der Waals surface area contributed by atoms with Crippen LogP contribution in [0.4, 0.5) is 0 Å². The monoisotopic (exact) mass is 199 g/mol. The number of nitrogens with one attached hydrogen (secondary N) is 1. The van der Waals surface area contributed by atoms with Crippen LogP contribution in [-0.2, 0) is 0 Å². The fourth-order valence-electron chi connectivity index (χ4n) is 2.00. The van der Waals surface area contributed by atoms with Gasteiger partial charge in [0.05, 0.1) is 0 Å². The van der Waals surface area contributed by atoms with Crippen molar-refractivity contribution in [3.8, 4) is 0 Å². The van der Waals surface area contributed by atoms with E-state index in [4.69, 9.17) is 0 Å². The minimum Gasteiger partial charge on any atom is -0.316 e. The summed E-state index contributed by atoms with van der Waals surface area (Å²) < 4.78 is 0. The quantitative estimate of drug-likeness (QED) is 0.719. The Hall–Kier alpha value is -0.120. The van der Waals surface area contributed by atoms with Gasteiger partial charge < -0.3 is 10.2 Å². The fraction of sp³-hybridized carbons (Fsp3) is 1.00. The van der Waals surface area contributed by atoms with E-state index in [1.807, 2.05) is 7.05 Å². The van der Waals surface area contributed by atoms with E-state index in [1.165, 1.54) is 19.6 Å². The van der Waals surface area contributed by atoms with Gasteiger partial charge in [-0.3, -0.25) is 4.90 Å². The Balaban J connectivity index is 2.45. The van der Waals surface area contributed by atoms with Crippen LogP contribution >= 0.6 is 0 Å². The van der Waals surface area contributed by atoms with Crippen molar-refractivity contribution in [2.45, 2.75) is 38.9 Å². The fourth-order valence-corrected chi connectivity index (χ4v) is 2.00. The first kappa shape index (κ1) is 12.0. The van der Waals surface area contributed by atoms with E-state index in [9.17, 15) is 0 Å². The molecule has 3 heteroatoms. The molecule has 0 aromatic rings. The van der Waals surface area contributed by atoms with Crippen molar-refractivity contribution in [3.63, 3.8) is 0 Å². The second-order valence-electron chi connectivity index (χ2n) is 4.64. The molecule has 0 aromatic carbocycles. The standard InChI is InChI=1S/C11H25N3/c1-9-8-14(7-6-13(9)5)11(3)10(2)12-4/h9-12H,6-8H2,1-5H3. The van der Waals surface area contributed by atoms with Crippen LogP contribution in [0.3, 0.4) is 0 Å². The van der Waals surface area contributed by atoms with E-state index < -0.39 is 0 Å². The highest BCUT2D eigenvalue weighted by atomic mass is 15.3. The molecule has 0 spiro atoms. The SMILES string of the molecule is CNC(C)C(C)N1CCN(C)C(C)C1. The summed E-state index contributed by atoms with van der Waals surface area (Å²) in [5.74, 6) is 0. The molecule has 1 rings (SSSR count). The summed E-state index contributed by atoms with van der Waals surface area (Å²) in [5.41, 5.74) is 0. The third kappa shape index (κ3) is 2.69.